The van der Waals surface area contributed by atoms with E-state index in [9.17, 15) is 5.26 Å². The van der Waals surface area contributed by atoms with Crippen molar-refractivity contribution >= 4 is 33.3 Å². The van der Waals surface area contributed by atoms with Crippen LogP contribution in [0.25, 0.3) is 44.2 Å². The Morgan fingerprint density at radius 3 is 2.49 bits per heavy atom. The fourth-order valence-corrected chi connectivity index (χ4v) is 7.80. The van der Waals surface area contributed by atoms with Crippen molar-refractivity contribution in [3.63, 3.8) is 0 Å². The van der Waals surface area contributed by atoms with Gasteiger partial charge in [-0.3, -0.25) is 0 Å². The van der Waals surface area contributed by atoms with E-state index in [1.54, 1.807) is 0 Å². The predicted octanol–water partition coefficient (Wildman–Crippen LogP) is 10.2. The second-order valence-corrected chi connectivity index (χ2v) is 12.4. The van der Waals surface area contributed by atoms with Crippen LogP contribution in [-0.2, 0) is 5.41 Å². The van der Waals surface area contributed by atoms with E-state index in [4.69, 9.17) is 4.42 Å². The number of allylic oxidation sites excluding steroid dienone is 2. The van der Waals surface area contributed by atoms with Gasteiger partial charge in [0, 0.05) is 44.6 Å². The summed E-state index contributed by atoms with van der Waals surface area (Å²) >= 11 is 0. The first-order chi connectivity index (χ1) is 21.0. The molecule has 0 saturated heterocycles. The molecule has 0 bridgehead atoms. The van der Waals surface area contributed by atoms with E-state index >= 15 is 0 Å². The Kier molecular flexibility index (Phi) is 4.86. The van der Waals surface area contributed by atoms with Crippen LogP contribution in [0.4, 0.5) is 11.4 Å². The smallest absolute Gasteiger partial charge is 0.143 e. The number of rotatable bonds is 2. The summed E-state index contributed by atoms with van der Waals surface area (Å²) in [6, 6.07) is 37.0. The highest BCUT2D eigenvalue weighted by molar-refractivity contribution is 6.12. The highest BCUT2D eigenvalue weighted by Crippen LogP contribution is 2.53. The number of nitrogens with zero attached hydrogens (tertiary/aromatic N) is 2. The summed E-state index contributed by atoms with van der Waals surface area (Å²) in [5.41, 5.74) is 13.3. The molecule has 9 rings (SSSR count). The number of benzene rings is 5. The third kappa shape index (κ3) is 3.24. The summed E-state index contributed by atoms with van der Waals surface area (Å²) in [6.45, 7) is 4.60. The van der Waals surface area contributed by atoms with Gasteiger partial charge >= 0.3 is 0 Å². The van der Waals surface area contributed by atoms with Gasteiger partial charge in [0.25, 0.3) is 0 Å². The number of hydrogen-bond donors (Lipinski definition) is 0. The van der Waals surface area contributed by atoms with Gasteiger partial charge in [-0.1, -0.05) is 98.8 Å². The molecule has 3 aliphatic rings. The molecule has 3 heteroatoms. The quantitative estimate of drug-likeness (QED) is 0.215. The highest BCUT2D eigenvalue weighted by Gasteiger charge is 2.39. The maximum Gasteiger partial charge on any atom is 0.143 e. The zero-order valence-corrected chi connectivity index (χ0v) is 24.0. The van der Waals surface area contributed by atoms with Gasteiger partial charge in [0.2, 0.25) is 0 Å². The first kappa shape index (κ1) is 24.3. The molecule has 0 N–H and O–H groups in total. The lowest BCUT2D eigenvalue weighted by Crippen LogP contribution is -2.29. The van der Waals surface area contributed by atoms with E-state index in [1.807, 2.05) is 12.1 Å². The zero-order chi connectivity index (χ0) is 28.9. The van der Waals surface area contributed by atoms with Gasteiger partial charge in [-0.2, -0.15) is 5.26 Å². The molecule has 0 fully saturated rings. The Morgan fingerprint density at radius 1 is 0.744 bits per heavy atom. The van der Waals surface area contributed by atoms with Gasteiger partial charge in [-0.15, -0.1) is 0 Å². The van der Waals surface area contributed by atoms with E-state index in [-0.39, 0.29) is 11.5 Å². The largest absolute Gasteiger partial charge is 0.455 e. The Balaban J connectivity index is 1.26. The normalized spacial score (nSPS) is 18.9. The monoisotopic (exact) mass is 552 g/mol. The fourth-order valence-electron chi connectivity index (χ4n) is 7.80. The molecular weight excluding hydrogens is 524 g/mol. The third-order valence-electron chi connectivity index (χ3n) is 9.84. The summed E-state index contributed by atoms with van der Waals surface area (Å²) in [4.78, 5) is 2.44. The van der Waals surface area contributed by atoms with Crippen molar-refractivity contribution < 1.29 is 4.42 Å². The Labute approximate surface area is 250 Å². The number of furan rings is 1. The van der Waals surface area contributed by atoms with Gasteiger partial charge in [-0.05, 0) is 64.2 Å². The second-order valence-electron chi connectivity index (χ2n) is 12.4. The van der Waals surface area contributed by atoms with Crippen molar-refractivity contribution in [3.05, 3.63) is 144 Å². The number of hydrogen-bond acceptors (Lipinski definition) is 3. The number of para-hydroxylation sites is 1. The third-order valence-corrected chi connectivity index (χ3v) is 9.84. The molecule has 2 heterocycles. The molecule has 0 radical (unpaired) electrons. The molecule has 43 heavy (non-hydrogen) atoms. The lowest BCUT2D eigenvalue weighted by Gasteiger charge is -2.30. The van der Waals surface area contributed by atoms with Gasteiger partial charge in [0.1, 0.15) is 11.2 Å². The standard InChI is InChI=1S/C40H28N2O/c1-40(2)32-12-6-3-11-29(32)38-33(40)18-17-28-31-22-25(16-20-37(31)43-39(28)38)30-21-24(23-41)15-19-36(30)42-34-13-7-4-9-26(34)27-10-5-8-14-35(27)42/h3-22,26,34H,1-2H3. The van der Waals surface area contributed by atoms with Crippen molar-refractivity contribution in [2.24, 2.45) is 0 Å². The van der Waals surface area contributed by atoms with Crippen LogP contribution in [0.15, 0.2) is 126 Å². The van der Waals surface area contributed by atoms with Crippen molar-refractivity contribution in [2.45, 2.75) is 31.2 Å². The molecule has 204 valence electrons. The maximum atomic E-state index is 9.90. The molecule has 0 amide bonds. The molecule has 1 aliphatic heterocycles. The average molecular weight is 553 g/mol. The van der Waals surface area contributed by atoms with Crippen LogP contribution in [0.3, 0.4) is 0 Å². The first-order valence-corrected chi connectivity index (χ1v) is 14.9. The molecule has 2 atom stereocenters. The van der Waals surface area contributed by atoms with Gasteiger partial charge in [0.05, 0.1) is 17.7 Å². The molecule has 6 aromatic rings. The molecule has 2 aliphatic carbocycles. The molecular formula is C40H28N2O. The Bertz CT molecular complexity index is 2260. The van der Waals surface area contributed by atoms with Crippen LogP contribution < -0.4 is 4.90 Å². The van der Waals surface area contributed by atoms with E-state index < -0.39 is 0 Å². The lowest BCUT2D eigenvalue weighted by molar-refractivity contribution is 0.653. The Morgan fingerprint density at radius 2 is 1.58 bits per heavy atom. The molecule has 3 nitrogen and oxygen atoms in total. The van der Waals surface area contributed by atoms with E-state index in [1.165, 1.54) is 33.5 Å². The summed E-state index contributed by atoms with van der Waals surface area (Å²) in [6.07, 6.45) is 8.88. The van der Waals surface area contributed by atoms with Gasteiger partial charge in [0.15, 0.2) is 0 Å². The number of nitriles is 1. The summed E-state index contributed by atoms with van der Waals surface area (Å²) in [5, 5.41) is 12.1. The van der Waals surface area contributed by atoms with Gasteiger partial charge in [-0.25, -0.2) is 0 Å². The lowest BCUT2D eigenvalue weighted by atomic mass is 9.82. The minimum Gasteiger partial charge on any atom is -0.455 e. The van der Waals surface area contributed by atoms with E-state index in [2.05, 4.69) is 134 Å². The summed E-state index contributed by atoms with van der Waals surface area (Å²) < 4.78 is 6.65. The second kappa shape index (κ2) is 8.60. The van der Waals surface area contributed by atoms with Crippen LogP contribution in [0.2, 0.25) is 0 Å². The Hall–Kier alpha value is -5.33. The summed E-state index contributed by atoms with van der Waals surface area (Å²) in [5.74, 6) is 0.291. The SMILES string of the molecule is CC1(C)c2ccccc2-c2c1ccc1c2oc2ccc(-c3cc(C#N)ccc3N3c4ccccc4C4C=CC=CC43)cc21. The highest BCUT2D eigenvalue weighted by atomic mass is 16.3. The number of anilines is 2. The topological polar surface area (TPSA) is 40.2 Å². The molecule has 2 unspecified atom stereocenters. The van der Waals surface area contributed by atoms with Crippen molar-refractivity contribution in [1.29, 1.82) is 5.26 Å². The van der Waals surface area contributed by atoms with E-state index in [0.29, 0.717) is 11.5 Å². The van der Waals surface area contributed by atoms with Crippen molar-refractivity contribution in [1.82, 2.24) is 0 Å². The number of fused-ring (bicyclic) bond motifs is 10. The van der Waals surface area contributed by atoms with E-state index in [0.717, 1.165) is 38.8 Å². The minimum atomic E-state index is -0.0798. The fraction of sp³-hybridized carbons (Fsp3) is 0.125. The maximum absolute atomic E-state index is 9.90. The van der Waals surface area contributed by atoms with Crippen molar-refractivity contribution in [3.8, 4) is 28.3 Å². The van der Waals surface area contributed by atoms with Crippen LogP contribution in [0.5, 0.6) is 0 Å². The molecule has 0 saturated carbocycles. The summed E-state index contributed by atoms with van der Waals surface area (Å²) in [7, 11) is 0. The van der Waals surface area contributed by atoms with Crippen LogP contribution >= 0.6 is 0 Å². The van der Waals surface area contributed by atoms with Gasteiger partial charge < -0.3 is 9.32 Å². The molecule has 5 aromatic carbocycles. The first-order valence-electron chi connectivity index (χ1n) is 14.9. The van der Waals surface area contributed by atoms with Crippen LogP contribution in [-0.4, -0.2) is 6.04 Å². The molecule has 0 spiro atoms. The average Bonchev–Trinajstić information content (AvgIpc) is 3.66. The minimum absolute atomic E-state index is 0.0798. The van der Waals surface area contributed by atoms with Crippen LogP contribution in [0, 0.1) is 11.3 Å². The van der Waals surface area contributed by atoms with Crippen molar-refractivity contribution in [2.75, 3.05) is 4.90 Å². The van der Waals surface area contributed by atoms with Crippen LogP contribution in [0.1, 0.15) is 42.0 Å². The molecule has 1 aromatic heterocycles. The predicted molar refractivity (Wildman–Crippen MR) is 175 cm³/mol. The zero-order valence-electron chi connectivity index (χ0n) is 24.0.